The van der Waals surface area contributed by atoms with Crippen LogP contribution in [0.3, 0.4) is 0 Å². The molecule has 0 spiro atoms. The minimum absolute atomic E-state index is 0.0403. The highest BCUT2D eigenvalue weighted by Crippen LogP contribution is 2.29. The van der Waals surface area contributed by atoms with Gasteiger partial charge in [-0.2, -0.15) is 4.98 Å². The average Bonchev–Trinajstić information content (AvgIpc) is 3.51. The van der Waals surface area contributed by atoms with Gasteiger partial charge in [-0.15, -0.1) is 22.7 Å². The number of aromatic nitrogens is 3. The van der Waals surface area contributed by atoms with Gasteiger partial charge < -0.3 is 9.84 Å². The van der Waals surface area contributed by atoms with Crippen molar-refractivity contribution in [1.82, 2.24) is 20.4 Å². The first kappa shape index (κ1) is 20.4. The number of nitrogens with one attached hydrogen (secondary N) is 1. The van der Waals surface area contributed by atoms with Crippen LogP contribution in [0, 0.1) is 6.92 Å². The second-order valence-electron chi connectivity index (χ2n) is 6.86. The van der Waals surface area contributed by atoms with Crippen LogP contribution < -0.4 is 5.32 Å². The van der Waals surface area contributed by atoms with Gasteiger partial charge in [-0.3, -0.25) is 4.79 Å². The summed E-state index contributed by atoms with van der Waals surface area (Å²) in [5, 5.41) is 10.1. The summed E-state index contributed by atoms with van der Waals surface area (Å²) in [4.78, 5) is 23.3. The molecular weight excluding hydrogens is 416 g/mol. The Labute approximate surface area is 183 Å². The van der Waals surface area contributed by atoms with Crippen molar-refractivity contribution in [1.29, 1.82) is 0 Å². The fourth-order valence-electron chi connectivity index (χ4n) is 2.94. The lowest BCUT2D eigenvalue weighted by Gasteiger charge is -2.01. The number of hydrogen-bond acceptors (Lipinski definition) is 7. The maximum absolute atomic E-state index is 12.2. The largest absolute Gasteiger partial charge is 0.351 e. The number of nitrogens with zero attached hydrogens (tertiary/aromatic N) is 3. The highest BCUT2D eigenvalue weighted by atomic mass is 32.1. The molecule has 3 heterocycles. The van der Waals surface area contributed by atoms with E-state index >= 15 is 0 Å². The van der Waals surface area contributed by atoms with Crippen molar-refractivity contribution in [3.63, 3.8) is 0 Å². The second kappa shape index (κ2) is 9.32. The van der Waals surface area contributed by atoms with Gasteiger partial charge in [0.25, 0.3) is 0 Å². The van der Waals surface area contributed by atoms with E-state index in [9.17, 15) is 4.79 Å². The van der Waals surface area contributed by atoms with Crippen molar-refractivity contribution < 1.29 is 9.32 Å². The zero-order chi connectivity index (χ0) is 20.9. The lowest BCUT2D eigenvalue weighted by molar-refractivity contribution is -0.121. The number of benzene rings is 1. The molecule has 154 valence electrons. The predicted molar refractivity (Wildman–Crippen MR) is 119 cm³/mol. The lowest BCUT2D eigenvalue weighted by atomic mass is 10.1. The molecule has 0 aliphatic carbocycles. The smallest absolute Gasteiger partial charge is 0.227 e. The van der Waals surface area contributed by atoms with Crippen molar-refractivity contribution >= 4 is 28.6 Å². The van der Waals surface area contributed by atoms with E-state index in [0.717, 1.165) is 32.4 Å². The molecule has 0 aliphatic heterocycles. The van der Waals surface area contributed by atoms with Gasteiger partial charge in [0.05, 0.1) is 22.1 Å². The Morgan fingerprint density at radius 2 is 1.97 bits per heavy atom. The summed E-state index contributed by atoms with van der Waals surface area (Å²) in [5.74, 6) is 0.981. The molecule has 1 aromatic carbocycles. The van der Waals surface area contributed by atoms with E-state index in [1.807, 2.05) is 31.2 Å². The predicted octanol–water partition coefficient (Wildman–Crippen LogP) is 5.04. The third kappa shape index (κ3) is 5.01. The number of carbonyl (C=O) groups excluding carboxylic acids is 1. The highest BCUT2D eigenvalue weighted by molar-refractivity contribution is 7.16. The normalized spacial score (nSPS) is 11.0. The van der Waals surface area contributed by atoms with Crippen LogP contribution in [-0.4, -0.2) is 21.0 Å². The molecule has 4 rings (SSSR count). The first-order chi connectivity index (χ1) is 14.6. The van der Waals surface area contributed by atoms with Crippen LogP contribution in [0.4, 0.5) is 0 Å². The topological polar surface area (TPSA) is 80.9 Å². The molecule has 3 aromatic heterocycles. The van der Waals surface area contributed by atoms with E-state index in [1.165, 1.54) is 5.56 Å². The molecule has 6 nitrogen and oxygen atoms in total. The SMILES string of the molecule is CCc1ccc(-c2noc(CCC(=O)NCc3ccc(-c4csc(C)n4)s3)n2)cc1. The molecule has 0 fully saturated rings. The Kier molecular flexibility index (Phi) is 6.35. The summed E-state index contributed by atoms with van der Waals surface area (Å²) in [6.07, 6.45) is 1.71. The summed E-state index contributed by atoms with van der Waals surface area (Å²) in [7, 11) is 0. The van der Waals surface area contributed by atoms with Crippen LogP contribution in [0.25, 0.3) is 22.0 Å². The summed E-state index contributed by atoms with van der Waals surface area (Å²) in [6.45, 7) is 4.62. The fraction of sp³-hybridized carbons (Fsp3) is 0.273. The number of amides is 1. The van der Waals surface area contributed by atoms with E-state index in [4.69, 9.17) is 4.52 Å². The third-order valence-electron chi connectivity index (χ3n) is 4.65. The summed E-state index contributed by atoms with van der Waals surface area (Å²) in [5.41, 5.74) is 3.17. The van der Waals surface area contributed by atoms with Crippen molar-refractivity contribution in [2.75, 3.05) is 0 Å². The van der Waals surface area contributed by atoms with Gasteiger partial charge in [0.2, 0.25) is 17.6 Å². The van der Waals surface area contributed by atoms with Crippen LogP contribution in [-0.2, 0) is 24.2 Å². The zero-order valence-electron chi connectivity index (χ0n) is 16.8. The first-order valence-corrected chi connectivity index (χ1v) is 11.5. The monoisotopic (exact) mass is 438 g/mol. The van der Waals surface area contributed by atoms with E-state index < -0.39 is 0 Å². The molecule has 8 heteroatoms. The molecule has 0 bridgehead atoms. The number of carbonyl (C=O) groups is 1. The zero-order valence-corrected chi connectivity index (χ0v) is 18.5. The second-order valence-corrected chi connectivity index (χ2v) is 9.09. The maximum atomic E-state index is 12.2. The van der Waals surface area contributed by atoms with Gasteiger partial charge in [0, 0.05) is 28.7 Å². The van der Waals surface area contributed by atoms with Crippen LogP contribution in [0.5, 0.6) is 0 Å². The van der Waals surface area contributed by atoms with Crippen molar-refractivity contribution in [2.24, 2.45) is 0 Å². The van der Waals surface area contributed by atoms with Crippen LogP contribution in [0.15, 0.2) is 46.3 Å². The van der Waals surface area contributed by atoms with Crippen molar-refractivity contribution in [2.45, 2.75) is 39.7 Å². The van der Waals surface area contributed by atoms with Crippen molar-refractivity contribution in [3.05, 3.63) is 63.1 Å². The molecule has 0 unspecified atom stereocenters. The molecule has 0 aliphatic rings. The average molecular weight is 439 g/mol. The minimum Gasteiger partial charge on any atom is -0.351 e. The molecule has 1 amide bonds. The van der Waals surface area contributed by atoms with Crippen LogP contribution in [0.2, 0.25) is 0 Å². The summed E-state index contributed by atoms with van der Waals surface area (Å²) < 4.78 is 5.30. The van der Waals surface area contributed by atoms with E-state index in [-0.39, 0.29) is 5.91 Å². The van der Waals surface area contributed by atoms with Gasteiger partial charge in [-0.1, -0.05) is 36.3 Å². The standard InChI is InChI=1S/C22H22N4O2S2/c1-3-15-4-6-16(7-5-15)22-25-21(28-26-22)11-10-20(27)23-12-17-8-9-19(30-17)18-13-29-14(2)24-18/h4-9,13H,3,10-12H2,1-2H3,(H,23,27). The molecule has 1 N–H and O–H groups in total. The molecule has 0 radical (unpaired) electrons. The lowest BCUT2D eigenvalue weighted by Crippen LogP contribution is -2.22. The van der Waals surface area contributed by atoms with Crippen molar-refractivity contribution in [3.8, 4) is 22.0 Å². The maximum Gasteiger partial charge on any atom is 0.227 e. The summed E-state index contributed by atoms with van der Waals surface area (Å²) >= 11 is 3.29. The molecule has 30 heavy (non-hydrogen) atoms. The quantitative estimate of drug-likeness (QED) is 0.417. The van der Waals surface area contributed by atoms with Crippen LogP contribution >= 0.6 is 22.7 Å². The van der Waals surface area contributed by atoms with E-state index in [0.29, 0.717) is 31.1 Å². The number of rotatable bonds is 8. The summed E-state index contributed by atoms with van der Waals surface area (Å²) in [6, 6.07) is 12.2. The molecule has 0 saturated heterocycles. The van der Waals surface area contributed by atoms with Gasteiger partial charge in [0.1, 0.15) is 0 Å². The number of hydrogen-bond donors (Lipinski definition) is 1. The molecule has 0 atom stereocenters. The Hall–Kier alpha value is -2.84. The van der Waals surface area contributed by atoms with Gasteiger partial charge in [0.15, 0.2) is 0 Å². The van der Waals surface area contributed by atoms with E-state index in [2.05, 4.69) is 44.9 Å². The molecule has 0 saturated carbocycles. The minimum atomic E-state index is -0.0403. The molecule has 4 aromatic rings. The van der Waals surface area contributed by atoms with Gasteiger partial charge in [-0.05, 0) is 31.0 Å². The Morgan fingerprint density at radius 3 is 2.70 bits per heavy atom. The number of thiophene rings is 1. The van der Waals surface area contributed by atoms with Crippen LogP contribution in [0.1, 0.15) is 34.7 Å². The number of aryl methyl sites for hydroxylation is 3. The third-order valence-corrected chi connectivity index (χ3v) is 6.53. The fourth-order valence-corrected chi connectivity index (χ4v) is 4.54. The Balaban J connectivity index is 1.26. The van der Waals surface area contributed by atoms with E-state index in [1.54, 1.807) is 22.7 Å². The first-order valence-electron chi connectivity index (χ1n) is 9.80. The Bertz CT molecular complexity index is 1130. The van der Waals surface area contributed by atoms with Gasteiger partial charge >= 0.3 is 0 Å². The highest BCUT2D eigenvalue weighted by Gasteiger charge is 2.12. The number of thiazole rings is 1. The Morgan fingerprint density at radius 1 is 1.13 bits per heavy atom. The molecular formula is C22H22N4O2S2. The van der Waals surface area contributed by atoms with Gasteiger partial charge in [-0.25, -0.2) is 4.98 Å².